The van der Waals surface area contributed by atoms with Gasteiger partial charge in [-0.25, -0.2) is 0 Å². The lowest BCUT2D eigenvalue weighted by Gasteiger charge is -2.41. The fourth-order valence-corrected chi connectivity index (χ4v) is 4.52. The van der Waals surface area contributed by atoms with Gasteiger partial charge in [0.25, 0.3) is 0 Å². The standard InChI is InChI=1S/C18H36N2O/c1-14(2)15-7-5-10-18(13-19,11-9-15)20-17-8-4-3-6-16(17)12-21/h14-17,20-21H,3-13,19H2,1-2H3. The van der Waals surface area contributed by atoms with E-state index in [9.17, 15) is 5.11 Å². The molecule has 21 heavy (non-hydrogen) atoms. The highest BCUT2D eigenvalue weighted by Crippen LogP contribution is 2.35. The molecule has 0 aromatic carbocycles. The van der Waals surface area contributed by atoms with E-state index >= 15 is 0 Å². The van der Waals surface area contributed by atoms with Crippen LogP contribution in [-0.4, -0.2) is 29.8 Å². The van der Waals surface area contributed by atoms with Gasteiger partial charge in [-0.2, -0.15) is 0 Å². The van der Waals surface area contributed by atoms with Gasteiger partial charge in [-0.05, 0) is 49.9 Å². The zero-order valence-corrected chi connectivity index (χ0v) is 14.1. The first-order chi connectivity index (χ1) is 10.1. The number of nitrogens with two attached hydrogens (primary N) is 1. The first kappa shape index (κ1) is 17.2. The molecule has 4 N–H and O–H groups in total. The number of nitrogens with one attached hydrogen (secondary N) is 1. The van der Waals surface area contributed by atoms with Crippen LogP contribution in [0.3, 0.4) is 0 Å². The zero-order valence-electron chi connectivity index (χ0n) is 14.1. The molecule has 3 heteroatoms. The van der Waals surface area contributed by atoms with Crippen molar-refractivity contribution >= 4 is 0 Å². The molecule has 0 radical (unpaired) electrons. The van der Waals surface area contributed by atoms with Gasteiger partial charge in [0, 0.05) is 24.7 Å². The Morgan fingerprint density at radius 1 is 1.10 bits per heavy atom. The number of hydrogen-bond acceptors (Lipinski definition) is 3. The van der Waals surface area contributed by atoms with Crippen molar-refractivity contribution in [3.05, 3.63) is 0 Å². The molecule has 2 aliphatic rings. The Morgan fingerprint density at radius 2 is 1.86 bits per heavy atom. The molecule has 0 spiro atoms. The Hall–Kier alpha value is -0.120. The number of aliphatic hydroxyl groups is 1. The summed E-state index contributed by atoms with van der Waals surface area (Å²) in [6, 6.07) is 0.475. The molecule has 0 aliphatic heterocycles. The van der Waals surface area contributed by atoms with Crippen molar-refractivity contribution in [2.75, 3.05) is 13.2 Å². The molecule has 2 fully saturated rings. The summed E-state index contributed by atoms with van der Waals surface area (Å²) in [5.41, 5.74) is 6.33. The molecule has 0 aromatic rings. The minimum atomic E-state index is 0.124. The van der Waals surface area contributed by atoms with Crippen molar-refractivity contribution < 1.29 is 5.11 Å². The minimum absolute atomic E-state index is 0.124. The van der Waals surface area contributed by atoms with Crippen LogP contribution in [0.2, 0.25) is 0 Å². The van der Waals surface area contributed by atoms with Crippen LogP contribution >= 0.6 is 0 Å². The van der Waals surface area contributed by atoms with Crippen LogP contribution in [0.5, 0.6) is 0 Å². The molecule has 4 unspecified atom stereocenters. The molecule has 124 valence electrons. The van der Waals surface area contributed by atoms with Crippen molar-refractivity contribution in [2.24, 2.45) is 23.5 Å². The summed E-state index contributed by atoms with van der Waals surface area (Å²) in [5, 5.41) is 13.6. The van der Waals surface area contributed by atoms with Crippen molar-refractivity contribution in [1.29, 1.82) is 0 Å². The van der Waals surface area contributed by atoms with Crippen molar-refractivity contribution in [3.63, 3.8) is 0 Å². The average Bonchev–Trinajstić information content (AvgIpc) is 2.71. The predicted octanol–water partition coefficient (Wildman–Crippen LogP) is 3.06. The van der Waals surface area contributed by atoms with Crippen molar-refractivity contribution in [3.8, 4) is 0 Å². The Balaban J connectivity index is 2.00. The van der Waals surface area contributed by atoms with Crippen LogP contribution in [0.1, 0.15) is 71.6 Å². The van der Waals surface area contributed by atoms with E-state index in [1.54, 1.807) is 0 Å². The minimum Gasteiger partial charge on any atom is -0.396 e. The molecule has 4 atom stereocenters. The Bertz CT molecular complexity index is 308. The molecule has 0 saturated heterocycles. The quantitative estimate of drug-likeness (QED) is 0.683. The van der Waals surface area contributed by atoms with Gasteiger partial charge in [0.15, 0.2) is 0 Å². The van der Waals surface area contributed by atoms with E-state index in [2.05, 4.69) is 19.2 Å². The topological polar surface area (TPSA) is 58.3 Å². The lowest BCUT2D eigenvalue weighted by molar-refractivity contribution is 0.121. The van der Waals surface area contributed by atoms with Crippen LogP contribution in [0.15, 0.2) is 0 Å². The summed E-state index contributed by atoms with van der Waals surface area (Å²) in [4.78, 5) is 0. The lowest BCUT2D eigenvalue weighted by atomic mass is 9.81. The summed E-state index contributed by atoms with van der Waals surface area (Å²) in [5.74, 6) is 2.09. The fourth-order valence-electron chi connectivity index (χ4n) is 4.52. The normalized spacial score (nSPS) is 38.4. The smallest absolute Gasteiger partial charge is 0.0474 e. The number of hydrogen-bond donors (Lipinski definition) is 3. The van der Waals surface area contributed by atoms with Gasteiger partial charge in [0.05, 0.1) is 0 Å². The third-order valence-electron chi connectivity index (χ3n) is 6.19. The summed E-state index contributed by atoms with van der Waals surface area (Å²) in [6.45, 7) is 5.78. The zero-order chi connectivity index (χ0) is 15.3. The maximum absolute atomic E-state index is 9.65. The Morgan fingerprint density at radius 3 is 2.52 bits per heavy atom. The molecule has 3 nitrogen and oxygen atoms in total. The lowest BCUT2D eigenvalue weighted by Crippen LogP contribution is -2.57. The molecular formula is C18H36N2O. The highest BCUT2D eigenvalue weighted by molar-refractivity contribution is 4.96. The summed E-state index contributed by atoms with van der Waals surface area (Å²) in [7, 11) is 0. The maximum atomic E-state index is 9.65. The largest absolute Gasteiger partial charge is 0.396 e. The molecular weight excluding hydrogens is 260 g/mol. The highest BCUT2D eigenvalue weighted by Gasteiger charge is 2.36. The molecule has 0 aromatic heterocycles. The predicted molar refractivity (Wildman–Crippen MR) is 89.2 cm³/mol. The van der Waals surface area contributed by atoms with Crippen molar-refractivity contribution in [2.45, 2.75) is 83.2 Å². The summed E-state index contributed by atoms with van der Waals surface area (Å²) < 4.78 is 0. The molecule has 2 saturated carbocycles. The monoisotopic (exact) mass is 296 g/mol. The van der Waals surface area contributed by atoms with E-state index in [-0.39, 0.29) is 5.54 Å². The Kier molecular flexibility index (Phi) is 6.51. The maximum Gasteiger partial charge on any atom is 0.0474 e. The third kappa shape index (κ3) is 4.43. The molecule has 0 amide bonds. The van der Waals surface area contributed by atoms with Gasteiger partial charge in [-0.15, -0.1) is 0 Å². The van der Waals surface area contributed by atoms with E-state index in [1.807, 2.05) is 0 Å². The van der Waals surface area contributed by atoms with Crippen LogP contribution in [0.4, 0.5) is 0 Å². The average molecular weight is 296 g/mol. The molecule has 0 bridgehead atoms. The van der Waals surface area contributed by atoms with Crippen molar-refractivity contribution in [1.82, 2.24) is 5.32 Å². The van der Waals surface area contributed by atoms with Gasteiger partial charge < -0.3 is 16.2 Å². The molecule has 2 rings (SSSR count). The fraction of sp³-hybridized carbons (Fsp3) is 1.00. The third-order valence-corrected chi connectivity index (χ3v) is 6.19. The molecule has 0 heterocycles. The van der Waals surface area contributed by atoms with Gasteiger partial charge >= 0.3 is 0 Å². The van der Waals surface area contributed by atoms with E-state index < -0.39 is 0 Å². The number of rotatable bonds is 5. The highest BCUT2D eigenvalue weighted by atomic mass is 16.3. The van der Waals surface area contributed by atoms with Gasteiger partial charge in [-0.3, -0.25) is 0 Å². The number of aliphatic hydroxyl groups excluding tert-OH is 1. The van der Waals surface area contributed by atoms with Crippen LogP contribution in [0.25, 0.3) is 0 Å². The first-order valence-electron chi connectivity index (χ1n) is 9.19. The second kappa shape index (κ2) is 7.94. The SMILES string of the molecule is CC(C)C1CCCC(CN)(NC2CCCCC2CO)CC1. The van der Waals surface area contributed by atoms with E-state index in [4.69, 9.17) is 5.73 Å². The van der Waals surface area contributed by atoms with Crippen LogP contribution in [0, 0.1) is 17.8 Å². The van der Waals surface area contributed by atoms with E-state index in [0.29, 0.717) is 18.6 Å². The van der Waals surface area contributed by atoms with E-state index in [1.165, 1.54) is 57.8 Å². The van der Waals surface area contributed by atoms with E-state index in [0.717, 1.165) is 18.4 Å². The second-order valence-corrected chi connectivity index (χ2v) is 7.90. The molecule has 2 aliphatic carbocycles. The van der Waals surface area contributed by atoms with Crippen LogP contribution < -0.4 is 11.1 Å². The Labute approximate surface area is 131 Å². The van der Waals surface area contributed by atoms with Gasteiger partial charge in [0.1, 0.15) is 0 Å². The van der Waals surface area contributed by atoms with Gasteiger partial charge in [0.2, 0.25) is 0 Å². The second-order valence-electron chi connectivity index (χ2n) is 7.90. The van der Waals surface area contributed by atoms with Crippen LogP contribution in [-0.2, 0) is 0 Å². The van der Waals surface area contributed by atoms with Gasteiger partial charge in [-0.1, -0.05) is 39.5 Å². The summed E-state index contributed by atoms with van der Waals surface area (Å²) >= 11 is 0. The first-order valence-corrected chi connectivity index (χ1v) is 9.19. The summed E-state index contributed by atoms with van der Waals surface area (Å²) in [6.07, 6.45) is 11.3.